The van der Waals surface area contributed by atoms with Crippen LogP contribution in [0.15, 0.2) is 47.4 Å². The van der Waals surface area contributed by atoms with E-state index in [1.807, 2.05) is 0 Å². The molecule has 0 aromatic heterocycles. The summed E-state index contributed by atoms with van der Waals surface area (Å²) < 4.78 is 11.0. The molecule has 10 heteroatoms. The third-order valence-corrected chi connectivity index (χ3v) is 5.23. The van der Waals surface area contributed by atoms with Crippen molar-refractivity contribution in [2.24, 2.45) is 0 Å². The molecular formula is C20H16N2O6S2. The second-order valence-electron chi connectivity index (χ2n) is 6.02. The number of anilines is 1. The Bertz CT molecular complexity index is 1070. The SMILES string of the molecule is CCOc1cc(/C=C2\SC(=S)N(c3ccc([N+](=O)[O-])cc3)C2=O)ccc1OC(C)=O. The molecule has 0 N–H and O–H groups in total. The molecule has 1 amide bonds. The molecule has 8 nitrogen and oxygen atoms in total. The van der Waals surface area contributed by atoms with Crippen LogP contribution in [0.1, 0.15) is 19.4 Å². The minimum atomic E-state index is -0.510. The molecule has 1 aliphatic rings. The third kappa shape index (κ3) is 4.66. The van der Waals surface area contributed by atoms with Crippen molar-refractivity contribution in [3.63, 3.8) is 0 Å². The van der Waals surface area contributed by atoms with E-state index in [0.717, 1.165) is 11.8 Å². The zero-order chi connectivity index (χ0) is 21.8. The first-order valence-electron chi connectivity index (χ1n) is 8.78. The van der Waals surface area contributed by atoms with Crippen LogP contribution in [0.25, 0.3) is 6.08 Å². The highest BCUT2D eigenvalue weighted by atomic mass is 32.2. The number of hydrogen-bond acceptors (Lipinski definition) is 8. The normalized spacial score (nSPS) is 14.9. The summed E-state index contributed by atoms with van der Waals surface area (Å²) in [6, 6.07) is 10.5. The number of rotatable bonds is 6. The van der Waals surface area contributed by atoms with Gasteiger partial charge in [0.2, 0.25) is 0 Å². The number of benzene rings is 2. The molecule has 1 fully saturated rings. The largest absolute Gasteiger partial charge is 0.490 e. The Hall–Kier alpha value is -3.24. The molecule has 1 saturated heterocycles. The van der Waals surface area contributed by atoms with Gasteiger partial charge in [0.25, 0.3) is 11.6 Å². The lowest BCUT2D eigenvalue weighted by Gasteiger charge is -2.14. The Morgan fingerprint density at radius 1 is 1.23 bits per heavy atom. The van der Waals surface area contributed by atoms with E-state index in [2.05, 4.69) is 0 Å². The van der Waals surface area contributed by atoms with E-state index < -0.39 is 10.9 Å². The fourth-order valence-corrected chi connectivity index (χ4v) is 3.99. The van der Waals surface area contributed by atoms with Crippen molar-refractivity contribution < 1.29 is 24.0 Å². The third-order valence-electron chi connectivity index (χ3n) is 3.93. The molecule has 0 radical (unpaired) electrons. The fourth-order valence-electron chi connectivity index (χ4n) is 2.69. The number of carbonyl (C=O) groups excluding carboxylic acids is 2. The van der Waals surface area contributed by atoms with Gasteiger partial charge in [0.1, 0.15) is 0 Å². The monoisotopic (exact) mass is 444 g/mol. The van der Waals surface area contributed by atoms with Crippen molar-refractivity contribution in [2.45, 2.75) is 13.8 Å². The Kier molecular flexibility index (Phi) is 6.48. The van der Waals surface area contributed by atoms with Crippen LogP contribution in [0.2, 0.25) is 0 Å². The molecular weight excluding hydrogens is 428 g/mol. The van der Waals surface area contributed by atoms with Crippen LogP contribution in [0.3, 0.4) is 0 Å². The lowest BCUT2D eigenvalue weighted by molar-refractivity contribution is -0.384. The van der Waals surface area contributed by atoms with E-state index in [1.165, 1.54) is 36.1 Å². The molecule has 0 spiro atoms. The van der Waals surface area contributed by atoms with Gasteiger partial charge in [0, 0.05) is 19.1 Å². The average molecular weight is 444 g/mol. The maximum Gasteiger partial charge on any atom is 0.308 e. The number of carbonyl (C=O) groups is 2. The van der Waals surface area contributed by atoms with Gasteiger partial charge in [-0.05, 0) is 42.8 Å². The summed E-state index contributed by atoms with van der Waals surface area (Å²) in [7, 11) is 0. The van der Waals surface area contributed by atoms with Crippen molar-refractivity contribution in [2.75, 3.05) is 11.5 Å². The van der Waals surface area contributed by atoms with Crippen LogP contribution in [-0.4, -0.2) is 27.7 Å². The summed E-state index contributed by atoms with van der Waals surface area (Å²) in [5.41, 5.74) is 1.04. The standard InChI is InChI=1S/C20H16N2O6S2/c1-3-27-17-10-13(4-9-16(17)28-12(2)23)11-18-19(24)21(20(29)30-18)14-5-7-15(8-6-14)22(25)26/h4-11H,3H2,1-2H3/b18-11-. The van der Waals surface area contributed by atoms with E-state index in [0.29, 0.717) is 38.6 Å². The molecule has 2 aromatic carbocycles. The number of thioether (sulfide) groups is 1. The number of nitro groups is 1. The Morgan fingerprint density at radius 2 is 1.93 bits per heavy atom. The van der Waals surface area contributed by atoms with Crippen molar-refractivity contribution in [3.8, 4) is 11.5 Å². The van der Waals surface area contributed by atoms with Crippen molar-refractivity contribution >= 4 is 57.6 Å². The first-order valence-corrected chi connectivity index (χ1v) is 10.00. The number of ether oxygens (including phenoxy) is 2. The summed E-state index contributed by atoms with van der Waals surface area (Å²) in [5, 5.41) is 10.8. The van der Waals surface area contributed by atoms with Crippen LogP contribution < -0.4 is 14.4 Å². The molecule has 1 aliphatic heterocycles. The molecule has 0 unspecified atom stereocenters. The maximum absolute atomic E-state index is 12.9. The number of esters is 1. The van der Waals surface area contributed by atoms with E-state index in [4.69, 9.17) is 21.7 Å². The smallest absolute Gasteiger partial charge is 0.308 e. The Balaban J connectivity index is 1.88. The Morgan fingerprint density at radius 3 is 2.53 bits per heavy atom. The van der Waals surface area contributed by atoms with Crippen LogP contribution in [0.5, 0.6) is 11.5 Å². The van der Waals surface area contributed by atoms with Gasteiger partial charge in [0.15, 0.2) is 15.8 Å². The van der Waals surface area contributed by atoms with Gasteiger partial charge in [-0.1, -0.05) is 30.0 Å². The second-order valence-corrected chi connectivity index (χ2v) is 7.70. The van der Waals surface area contributed by atoms with Crippen LogP contribution in [0, 0.1) is 10.1 Å². The summed E-state index contributed by atoms with van der Waals surface area (Å²) >= 11 is 6.45. The van der Waals surface area contributed by atoms with Gasteiger partial charge in [-0.2, -0.15) is 0 Å². The molecule has 154 valence electrons. The highest BCUT2D eigenvalue weighted by Gasteiger charge is 2.33. The van der Waals surface area contributed by atoms with Crippen LogP contribution >= 0.6 is 24.0 Å². The highest BCUT2D eigenvalue weighted by molar-refractivity contribution is 8.27. The number of nitro benzene ring substituents is 1. The summed E-state index contributed by atoms with van der Waals surface area (Å²) in [5.74, 6) is -0.124. The topological polar surface area (TPSA) is 99.0 Å². The van der Waals surface area contributed by atoms with Crippen molar-refractivity contribution in [1.82, 2.24) is 0 Å². The molecule has 0 bridgehead atoms. The Labute approximate surface area is 181 Å². The predicted molar refractivity (Wildman–Crippen MR) is 118 cm³/mol. The average Bonchev–Trinajstić information content (AvgIpc) is 2.97. The first kappa shape index (κ1) is 21.5. The van der Waals surface area contributed by atoms with Crippen molar-refractivity contribution in [3.05, 3.63) is 63.0 Å². The maximum atomic E-state index is 12.9. The fraction of sp³-hybridized carbons (Fsp3) is 0.150. The van der Waals surface area contributed by atoms with E-state index in [9.17, 15) is 19.7 Å². The van der Waals surface area contributed by atoms with Gasteiger partial charge in [-0.15, -0.1) is 0 Å². The number of non-ortho nitro benzene ring substituents is 1. The van der Waals surface area contributed by atoms with Gasteiger partial charge < -0.3 is 9.47 Å². The minimum absolute atomic E-state index is 0.0731. The second kappa shape index (κ2) is 9.06. The van der Waals surface area contributed by atoms with Crippen molar-refractivity contribution in [1.29, 1.82) is 0 Å². The zero-order valence-corrected chi connectivity index (χ0v) is 17.6. The molecule has 0 atom stereocenters. The van der Waals surface area contributed by atoms with E-state index in [1.54, 1.807) is 31.2 Å². The van der Waals surface area contributed by atoms with Gasteiger partial charge in [-0.3, -0.25) is 24.6 Å². The summed E-state index contributed by atoms with van der Waals surface area (Å²) in [6.07, 6.45) is 1.66. The molecule has 0 saturated carbocycles. The number of nitrogens with zero attached hydrogens (tertiary/aromatic N) is 2. The quantitative estimate of drug-likeness (QED) is 0.162. The highest BCUT2D eigenvalue weighted by Crippen LogP contribution is 2.37. The number of hydrogen-bond donors (Lipinski definition) is 0. The molecule has 3 rings (SSSR count). The van der Waals surface area contributed by atoms with Crippen LogP contribution in [-0.2, 0) is 9.59 Å². The number of thiocarbonyl (C=S) groups is 1. The first-order chi connectivity index (χ1) is 14.3. The van der Waals surface area contributed by atoms with Gasteiger partial charge in [-0.25, -0.2) is 0 Å². The molecule has 2 aromatic rings. The summed E-state index contributed by atoms with van der Waals surface area (Å²) in [4.78, 5) is 36.2. The lowest BCUT2D eigenvalue weighted by atomic mass is 10.1. The minimum Gasteiger partial charge on any atom is -0.490 e. The molecule has 30 heavy (non-hydrogen) atoms. The zero-order valence-electron chi connectivity index (χ0n) is 16.0. The van der Waals surface area contributed by atoms with E-state index >= 15 is 0 Å². The van der Waals surface area contributed by atoms with Gasteiger partial charge >= 0.3 is 5.97 Å². The van der Waals surface area contributed by atoms with Gasteiger partial charge in [0.05, 0.1) is 22.1 Å². The number of amides is 1. The van der Waals surface area contributed by atoms with Crippen LogP contribution in [0.4, 0.5) is 11.4 Å². The van der Waals surface area contributed by atoms with E-state index in [-0.39, 0.29) is 11.6 Å². The molecule has 1 heterocycles. The predicted octanol–water partition coefficient (Wildman–Crippen LogP) is 4.32. The summed E-state index contributed by atoms with van der Waals surface area (Å²) in [6.45, 7) is 3.48. The lowest BCUT2D eigenvalue weighted by Crippen LogP contribution is -2.27. The molecule has 0 aliphatic carbocycles.